The molecule has 3 atom stereocenters. The third-order valence-electron chi connectivity index (χ3n) is 6.38. The number of carbonyl (C=O) groups is 1. The number of fused-ring (bicyclic) bond motifs is 1. The molecule has 33 heavy (non-hydrogen) atoms. The molecule has 2 aliphatic rings. The van der Waals surface area contributed by atoms with Crippen LogP contribution in [0.5, 0.6) is 5.88 Å². The number of pyridine rings is 1. The highest BCUT2D eigenvalue weighted by molar-refractivity contribution is 5.78. The molecule has 0 bridgehead atoms. The summed E-state index contributed by atoms with van der Waals surface area (Å²) in [6.07, 6.45) is -1.18. The van der Waals surface area contributed by atoms with E-state index in [1.54, 1.807) is 4.90 Å². The number of hydrogen-bond donors (Lipinski definition) is 2. The Hall–Kier alpha value is -3.30. The van der Waals surface area contributed by atoms with E-state index in [-0.39, 0.29) is 23.8 Å². The number of nitrogens with zero attached hydrogens (tertiary/aromatic N) is 3. The fraction of sp³-hybridized carbons (Fsp3) is 0.435. The summed E-state index contributed by atoms with van der Waals surface area (Å²) in [5.74, 6) is 0.958. The number of benzene rings is 1. The summed E-state index contributed by atoms with van der Waals surface area (Å²) in [6.45, 7) is 0.982. The van der Waals surface area contributed by atoms with Gasteiger partial charge in [0.15, 0.2) is 0 Å². The van der Waals surface area contributed by atoms with E-state index in [1.807, 2.05) is 24.3 Å². The van der Waals surface area contributed by atoms with Gasteiger partial charge < -0.3 is 19.9 Å². The monoisotopic (exact) mass is 459 g/mol. The Balaban J connectivity index is 1.15. The summed E-state index contributed by atoms with van der Waals surface area (Å²) >= 11 is 0. The van der Waals surface area contributed by atoms with Crippen molar-refractivity contribution in [3.63, 3.8) is 0 Å². The Bertz CT molecular complexity index is 1150. The molecule has 1 saturated heterocycles. The van der Waals surface area contributed by atoms with Gasteiger partial charge in [0.05, 0.1) is 30.0 Å². The zero-order valence-electron chi connectivity index (χ0n) is 18.0. The van der Waals surface area contributed by atoms with Crippen LogP contribution >= 0.6 is 0 Å². The van der Waals surface area contributed by atoms with Crippen molar-refractivity contribution in [3.05, 3.63) is 47.9 Å². The number of carbonyl (C=O) groups excluding carboxylic acids is 1. The minimum atomic E-state index is -4.55. The van der Waals surface area contributed by atoms with Crippen LogP contribution in [0.3, 0.4) is 0 Å². The lowest BCUT2D eigenvalue weighted by Crippen LogP contribution is -2.37. The Morgan fingerprint density at radius 2 is 2.15 bits per heavy atom. The summed E-state index contributed by atoms with van der Waals surface area (Å²) in [4.78, 5) is 26.2. The number of hydrogen-bond acceptors (Lipinski definition) is 5. The summed E-state index contributed by atoms with van der Waals surface area (Å²) in [5, 5.41) is 3.04. The first-order valence-corrected chi connectivity index (χ1v) is 10.9. The molecule has 7 nitrogen and oxygen atoms in total. The predicted molar refractivity (Wildman–Crippen MR) is 116 cm³/mol. The van der Waals surface area contributed by atoms with Gasteiger partial charge in [-0.1, -0.05) is 12.1 Å². The van der Waals surface area contributed by atoms with Crippen molar-refractivity contribution in [3.8, 4) is 5.88 Å². The van der Waals surface area contributed by atoms with Crippen LogP contribution in [0.15, 0.2) is 36.5 Å². The lowest BCUT2D eigenvalue weighted by molar-refractivity contribution is -0.139. The fourth-order valence-electron chi connectivity index (χ4n) is 4.57. The molecule has 1 amide bonds. The number of imidazole rings is 1. The second-order valence-corrected chi connectivity index (χ2v) is 8.69. The van der Waals surface area contributed by atoms with Gasteiger partial charge in [-0.3, -0.25) is 4.79 Å². The van der Waals surface area contributed by atoms with Gasteiger partial charge in [0.1, 0.15) is 11.4 Å². The van der Waals surface area contributed by atoms with E-state index >= 15 is 0 Å². The van der Waals surface area contributed by atoms with Crippen LogP contribution in [0, 0.1) is 5.92 Å². The summed E-state index contributed by atoms with van der Waals surface area (Å²) in [6, 6.07) is 8.79. The number of anilines is 1. The van der Waals surface area contributed by atoms with Gasteiger partial charge in [-0.2, -0.15) is 13.2 Å². The molecule has 1 aromatic carbocycles. The number of amides is 1. The van der Waals surface area contributed by atoms with Crippen molar-refractivity contribution >= 4 is 22.6 Å². The van der Waals surface area contributed by atoms with E-state index in [0.29, 0.717) is 31.6 Å². The van der Waals surface area contributed by atoms with E-state index in [2.05, 4.69) is 20.3 Å². The van der Waals surface area contributed by atoms with Crippen LogP contribution in [0.25, 0.3) is 11.0 Å². The van der Waals surface area contributed by atoms with Crippen LogP contribution in [0.4, 0.5) is 18.9 Å². The van der Waals surface area contributed by atoms with E-state index in [1.165, 1.54) is 6.20 Å². The molecule has 1 saturated carbocycles. The van der Waals surface area contributed by atoms with Gasteiger partial charge in [0.2, 0.25) is 11.8 Å². The van der Waals surface area contributed by atoms with Gasteiger partial charge in [-0.25, -0.2) is 9.97 Å². The Morgan fingerprint density at radius 1 is 1.33 bits per heavy atom. The fourth-order valence-corrected chi connectivity index (χ4v) is 4.57. The number of alkyl halides is 3. The topological polar surface area (TPSA) is 83.1 Å². The number of methoxy groups -OCH3 is 1. The zero-order chi connectivity index (χ0) is 23.2. The number of halogens is 3. The van der Waals surface area contributed by atoms with Crippen molar-refractivity contribution < 1.29 is 22.7 Å². The van der Waals surface area contributed by atoms with Crippen LogP contribution < -0.4 is 15.0 Å². The maximum Gasteiger partial charge on any atom is 0.421 e. The highest BCUT2D eigenvalue weighted by Gasteiger charge is 2.42. The Kier molecular flexibility index (Phi) is 5.38. The third kappa shape index (κ3) is 4.46. The number of nitrogens with one attached hydrogen (secondary N) is 2. The SMILES string of the molecule is COc1ncc(N2CC[C@@H](NC(=O)C[C@@H]3C[C@@H]3c3nc4ccccc4[nH]3)C2)cc1C(F)(F)F. The highest BCUT2D eigenvalue weighted by atomic mass is 19.4. The number of aromatic amines is 1. The summed E-state index contributed by atoms with van der Waals surface area (Å²) in [5.41, 5.74) is 1.39. The molecule has 174 valence electrons. The molecular weight excluding hydrogens is 435 g/mol. The molecule has 1 aliphatic heterocycles. The molecular formula is C23H24F3N5O2. The minimum Gasteiger partial charge on any atom is -0.481 e. The van der Waals surface area contributed by atoms with E-state index in [9.17, 15) is 18.0 Å². The average molecular weight is 459 g/mol. The van der Waals surface area contributed by atoms with E-state index in [0.717, 1.165) is 36.5 Å². The number of rotatable bonds is 6. The van der Waals surface area contributed by atoms with Gasteiger partial charge >= 0.3 is 6.18 Å². The molecule has 2 fully saturated rings. The molecule has 2 aromatic heterocycles. The molecule has 10 heteroatoms. The molecule has 0 unspecified atom stereocenters. The van der Waals surface area contributed by atoms with Crippen LogP contribution in [-0.2, 0) is 11.0 Å². The third-order valence-corrected chi connectivity index (χ3v) is 6.38. The predicted octanol–water partition coefficient (Wildman–Crippen LogP) is 3.87. The largest absolute Gasteiger partial charge is 0.481 e. The number of H-pyrrole nitrogens is 1. The number of ether oxygens (including phenoxy) is 1. The van der Waals surface area contributed by atoms with Crippen molar-refractivity contribution in [2.45, 2.75) is 37.4 Å². The van der Waals surface area contributed by atoms with Crippen molar-refractivity contribution in [1.29, 1.82) is 0 Å². The zero-order valence-corrected chi connectivity index (χ0v) is 18.0. The number of aromatic nitrogens is 3. The van der Waals surface area contributed by atoms with Gasteiger partial charge in [-0.15, -0.1) is 0 Å². The summed E-state index contributed by atoms with van der Waals surface area (Å²) in [7, 11) is 1.16. The molecule has 5 rings (SSSR count). The lowest BCUT2D eigenvalue weighted by Gasteiger charge is -2.21. The van der Waals surface area contributed by atoms with Crippen LogP contribution in [0.1, 0.15) is 36.6 Å². The first kappa shape index (κ1) is 21.5. The molecule has 0 radical (unpaired) electrons. The second kappa shape index (κ2) is 8.24. The molecule has 0 spiro atoms. The van der Waals surface area contributed by atoms with Crippen molar-refractivity contribution in [2.75, 3.05) is 25.1 Å². The van der Waals surface area contributed by atoms with Gasteiger partial charge in [0, 0.05) is 31.5 Å². The minimum absolute atomic E-state index is 0.0331. The summed E-state index contributed by atoms with van der Waals surface area (Å²) < 4.78 is 44.6. The average Bonchev–Trinajstić information content (AvgIpc) is 3.19. The Labute approximate surface area is 188 Å². The standard InChI is InChI=1S/C23H24F3N5O2/c1-33-22-17(23(24,25)26)10-15(11-27-22)31-7-6-14(12-31)28-20(32)9-13-8-16(13)21-29-18-4-2-3-5-19(18)30-21/h2-5,10-11,13-14,16H,6-9,12H2,1H3,(H,28,32)(H,29,30)/t13-,14+,16-/m0/s1. The van der Waals surface area contributed by atoms with Crippen molar-refractivity contribution in [2.24, 2.45) is 5.92 Å². The quantitative estimate of drug-likeness (QED) is 0.585. The normalized spacial score (nSPS) is 22.5. The maximum absolute atomic E-state index is 13.3. The molecule has 3 aromatic rings. The number of para-hydroxylation sites is 2. The van der Waals surface area contributed by atoms with Crippen molar-refractivity contribution in [1.82, 2.24) is 20.3 Å². The van der Waals surface area contributed by atoms with Crippen LogP contribution in [0.2, 0.25) is 0 Å². The first-order chi connectivity index (χ1) is 15.8. The van der Waals surface area contributed by atoms with E-state index < -0.39 is 17.6 Å². The maximum atomic E-state index is 13.3. The second-order valence-electron chi connectivity index (χ2n) is 8.69. The Morgan fingerprint density at radius 3 is 2.91 bits per heavy atom. The van der Waals surface area contributed by atoms with Gasteiger partial charge in [0.25, 0.3) is 0 Å². The molecule has 1 aliphatic carbocycles. The lowest BCUT2D eigenvalue weighted by atomic mass is 10.2. The first-order valence-electron chi connectivity index (χ1n) is 10.9. The highest BCUT2D eigenvalue weighted by Crippen LogP contribution is 2.48. The van der Waals surface area contributed by atoms with E-state index in [4.69, 9.17) is 4.74 Å². The smallest absolute Gasteiger partial charge is 0.421 e. The van der Waals surface area contributed by atoms with Crippen LogP contribution in [-0.4, -0.2) is 47.1 Å². The van der Waals surface area contributed by atoms with Gasteiger partial charge in [-0.05, 0) is 37.0 Å². The molecule has 2 N–H and O–H groups in total. The molecule has 3 heterocycles.